The van der Waals surface area contributed by atoms with Crippen molar-refractivity contribution in [2.24, 2.45) is 0 Å². The van der Waals surface area contributed by atoms with Gasteiger partial charge in [0.25, 0.3) is 5.56 Å². The van der Waals surface area contributed by atoms with Gasteiger partial charge in [-0.1, -0.05) is 106 Å². The van der Waals surface area contributed by atoms with E-state index < -0.39 is 11.5 Å². The minimum absolute atomic E-state index is 0.255. The number of aromatic amines is 1. The molecule has 2 atom stereocenters. The second-order valence-corrected chi connectivity index (χ2v) is 12.4. The van der Waals surface area contributed by atoms with Gasteiger partial charge in [-0.15, -0.1) is 0 Å². The zero-order valence-electron chi connectivity index (χ0n) is 23.6. The highest BCUT2D eigenvalue weighted by molar-refractivity contribution is 9.10. The van der Waals surface area contributed by atoms with E-state index in [-0.39, 0.29) is 5.56 Å². The van der Waals surface area contributed by atoms with Crippen molar-refractivity contribution < 1.29 is 5.11 Å². The number of nitrogens with one attached hydrogen (secondary N) is 1. The van der Waals surface area contributed by atoms with E-state index in [4.69, 9.17) is 11.6 Å². The first-order chi connectivity index (χ1) is 20.8. The maximum absolute atomic E-state index is 13.9. The van der Waals surface area contributed by atoms with Crippen LogP contribution in [0.2, 0.25) is 5.02 Å². The Kier molecular flexibility index (Phi) is 8.38. The predicted octanol–water partition coefficient (Wildman–Crippen LogP) is 8.19. The summed E-state index contributed by atoms with van der Waals surface area (Å²) in [6.45, 7) is 1.28. The normalized spacial score (nSPS) is 14.4. The number of aromatic nitrogens is 1. The molecule has 5 aromatic rings. The first-order valence-corrected chi connectivity index (χ1v) is 15.3. The molecule has 6 rings (SSSR count). The van der Waals surface area contributed by atoms with Crippen molar-refractivity contribution >= 4 is 50.1 Å². The highest BCUT2D eigenvalue weighted by atomic mass is 79.9. The van der Waals surface area contributed by atoms with Crippen molar-refractivity contribution in [2.45, 2.75) is 24.5 Å². The molecular formula is C37H30BrClN2O2. The highest BCUT2D eigenvalue weighted by Crippen LogP contribution is 2.46. The topological polar surface area (TPSA) is 56.3 Å². The van der Waals surface area contributed by atoms with Gasteiger partial charge in [-0.05, 0) is 83.6 Å². The number of rotatable bonds is 9. The zero-order valence-corrected chi connectivity index (χ0v) is 26.0. The summed E-state index contributed by atoms with van der Waals surface area (Å²) in [5, 5.41) is 14.6. The van der Waals surface area contributed by atoms with E-state index in [1.54, 1.807) is 12.1 Å². The lowest BCUT2D eigenvalue weighted by molar-refractivity contribution is 0.0633. The Hall–Kier alpha value is -3.92. The number of benzene rings is 4. The van der Waals surface area contributed by atoms with Crippen molar-refractivity contribution in [3.8, 4) is 0 Å². The number of fused-ring (bicyclic) bond motifs is 2. The molecule has 0 fully saturated rings. The van der Waals surface area contributed by atoms with Crippen molar-refractivity contribution in [1.82, 2.24) is 9.88 Å². The van der Waals surface area contributed by atoms with E-state index >= 15 is 0 Å². The standard InChI is InChI=1S/C37H30BrClN2O2/c1-41(24-25-8-3-2-4-9-25)21-20-37(43,33-13-7-11-26-10-5-6-12-31(26)33)35(27-14-17-30(39)18-15-27)32-23-28-22-29(38)16-19-34(28)40-36(32)42/h2-6,8-12,14-19,22-23,35,43H,20-21,24H2,1H3,(H,40,42). The van der Waals surface area contributed by atoms with Crippen molar-refractivity contribution in [1.29, 1.82) is 0 Å². The summed E-state index contributed by atoms with van der Waals surface area (Å²) in [6.07, 6.45) is 2.20. The van der Waals surface area contributed by atoms with Crippen LogP contribution in [-0.4, -0.2) is 34.2 Å². The third-order valence-corrected chi connectivity index (χ3v) is 8.83. The van der Waals surface area contributed by atoms with Gasteiger partial charge in [0.05, 0.1) is 0 Å². The van der Waals surface area contributed by atoms with Crippen LogP contribution < -0.4 is 5.56 Å². The Labute approximate surface area is 264 Å². The molecule has 214 valence electrons. The van der Waals surface area contributed by atoms with Crippen molar-refractivity contribution in [3.05, 3.63) is 162 Å². The molecule has 43 heavy (non-hydrogen) atoms. The van der Waals surface area contributed by atoms with Gasteiger partial charge in [0, 0.05) is 45.2 Å². The van der Waals surface area contributed by atoms with Crippen LogP contribution in [0.5, 0.6) is 0 Å². The molecule has 0 spiro atoms. The molecule has 0 aliphatic heterocycles. The van der Waals surface area contributed by atoms with Crippen LogP contribution >= 0.6 is 27.5 Å². The van der Waals surface area contributed by atoms with Gasteiger partial charge in [0.1, 0.15) is 5.60 Å². The Morgan fingerprint density at radius 1 is 0.977 bits per heavy atom. The second kappa shape index (κ2) is 12.4. The monoisotopic (exact) mass is 648 g/mol. The van der Waals surface area contributed by atoms with Gasteiger partial charge in [-0.25, -0.2) is 0 Å². The summed E-state index contributed by atoms with van der Waals surface area (Å²) >= 11 is 9.89. The first kappa shape index (κ1) is 29.2. The predicted molar refractivity (Wildman–Crippen MR) is 179 cm³/mol. The molecule has 1 aliphatic rings. The van der Waals surface area contributed by atoms with Gasteiger partial charge in [0.2, 0.25) is 0 Å². The Morgan fingerprint density at radius 3 is 2.51 bits per heavy atom. The lowest BCUT2D eigenvalue weighted by Crippen LogP contribution is -2.43. The molecule has 2 N–H and O–H groups in total. The summed E-state index contributed by atoms with van der Waals surface area (Å²) in [5.41, 5.74) is 10.2. The number of pyridine rings is 1. The smallest absolute Gasteiger partial charge is 0.252 e. The minimum atomic E-state index is -1.54. The SMILES string of the molecule is CN(CCC(O)(C1=C=C=Cc2ccccc21)C(c1ccc(Cl)cc1)c1cc2cc(Br)ccc2[nH]c1=O)Cc1ccccc1. The summed E-state index contributed by atoms with van der Waals surface area (Å²) in [5.74, 6) is -0.738. The third-order valence-electron chi connectivity index (χ3n) is 8.08. The molecule has 4 nitrogen and oxygen atoms in total. The summed E-state index contributed by atoms with van der Waals surface area (Å²) in [6, 6.07) is 33.2. The summed E-state index contributed by atoms with van der Waals surface area (Å²) < 4.78 is 0.899. The van der Waals surface area contributed by atoms with Gasteiger partial charge < -0.3 is 15.0 Å². The van der Waals surface area contributed by atoms with E-state index in [9.17, 15) is 9.90 Å². The maximum Gasteiger partial charge on any atom is 0.252 e. The molecule has 2 unspecified atom stereocenters. The van der Waals surface area contributed by atoms with Gasteiger partial charge in [-0.3, -0.25) is 4.79 Å². The average Bonchev–Trinajstić information content (AvgIpc) is 3.02. The molecule has 1 aliphatic carbocycles. The fourth-order valence-electron chi connectivity index (χ4n) is 5.97. The number of nitrogens with zero attached hydrogens (tertiary/aromatic N) is 1. The molecule has 0 saturated heterocycles. The lowest BCUT2D eigenvalue weighted by atomic mass is 9.69. The maximum atomic E-state index is 13.9. The number of H-pyrrole nitrogens is 1. The van der Waals surface area contributed by atoms with Crippen molar-refractivity contribution in [2.75, 3.05) is 13.6 Å². The van der Waals surface area contributed by atoms with Crippen LogP contribution in [0, 0.1) is 0 Å². The number of halogens is 2. The van der Waals surface area contributed by atoms with E-state index in [0.717, 1.165) is 38.6 Å². The molecule has 0 amide bonds. The molecule has 1 heterocycles. The molecule has 0 saturated carbocycles. The van der Waals surface area contributed by atoms with Crippen LogP contribution in [0.25, 0.3) is 22.6 Å². The molecule has 6 heteroatoms. The second-order valence-electron chi connectivity index (χ2n) is 11.0. The zero-order chi connectivity index (χ0) is 30.0. The van der Waals surface area contributed by atoms with Crippen molar-refractivity contribution in [3.63, 3.8) is 0 Å². The number of hydrogen-bond acceptors (Lipinski definition) is 3. The highest BCUT2D eigenvalue weighted by Gasteiger charge is 2.45. The summed E-state index contributed by atoms with van der Waals surface area (Å²) in [7, 11) is 2.05. The molecule has 0 bridgehead atoms. The molecular weight excluding hydrogens is 620 g/mol. The minimum Gasteiger partial charge on any atom is -0.383 e. The molecule has 4 aromatic carbocycles. The quantitative estimate of drug-likeness (QED) is 0.158. The van der Waals surface area contributed by atoms with Gasteiger partial charge in [0.15, 0.2) is 0 Å². The van der Waals surface area contributed by atoms with E-state index in [1.807, 2.05) is 92.0 Å². The van der Waals surface area contributed by atoms with Crippen LogP contribution in [0.4, 0.5) is 0 Å². The molecule has 1 aromatic heterocycles. The van der Waals surface area contributed by atoms with E-state index in [1.165, 1.54) is 5.56 Å². The first-order valence-electron chi connectivity index (χ1n) is 14.2. The van der Waals surface area contributed by atoms with E-state index in [2.05, 4.69) is 49.4 Å². The van der Waals surface area contributed by atoms with E-state index in [0.29, 0.717) is 29.1 Å². The lowest BCUT2D eigenvalue weighted by Gasteiger charge is -2.39. The van der Waals surface area contributed by atoms with Crippen LogP contribution in [-0.2, 0) is 6.54 Å². The van der Waals surface area contributed by atoms with Crippen LogP contribution in [0.1, 0.15) is 40.2 Å². The average molecular weight is 650 g/mol. The number of aliphatic hydroxyl groups is 1. The molecule has 0 radical (unpaired) electrons. The Balaban J connectivity index is 1.54. The van der Waals surface area contributed by atoms with Crippen LogP contribution in [0.3, 0.4) is 0 Å². The Bertz CT molecular complexity index is 1960. The number of hydrogen-bond donors (Lipinski definition) is 2. The third kappa shape index (κ3) is 6.11. The fraction of sp³-hybridized carbons (Fsp3) is 0.162. The Morgan fingerprint density at radius 2 is 1.72 bits per heavy atom. The van der Waals surface area contributed by atoms with Crippen LogP contribution in [0.15, 0.2) is 124 Å². The largest absolute Gasteiger partial charge is 0.383 e. The van der Waals surface area contributed by atoms with Gasteiger partial charge >= 0.3 is 0 Å². The fourth-order valence-corrected chi connectivity index (χ4v) is 6.48. The van der Waals surface area contributed by atoms with Gasteiger partial charge in [-0.2, -0.15) is 0 Å². The summed E-state index contributed by atoms with van der Waals surface area (Å²) in [4.78, 5) is 19.1.